The first kappa shape index (κ1) is 16.7. The van der Waals surface area contributed by atoms with Crippen molar-refractivity contribution < 1.29 is 23.1 Å². The Morgan fingerprint density at radius 1 is 1.25 bits per heavy atom. The van der Waals surface area contributed by atoms with E-state index in [0.717, 1.165) is 12.8 Å². The lowest BCUT2D eigenvalue weighted by atomic mass is 9.96. The molecule has 0 aromatic heterocycles. The molecular weight excluding hydrogens is 286 g/mol. The van der Waals surface area contributed by atoms with E-state index in [0.29, 0.717) is 13.0 Å². The van der Waals surface area contributed by atoms with E-state index < -0.39 is 27.9 Å². The van der Waals surface area contributed by atoms with Crippen LogP contribution in [0, 0.1) is 11.8 Å². The maximum absolute atomic E-state index is 11.5. The van der Waals surface area contributed by atoms with Crippen LogP contribution in [0.15, 0.2) is 0 Å². The van der Waals surface area contributed by atoms with E-state index in [9.17, 15) is 18.0 Å². The average Bonchev–Trinajstić information content (AvgIpc) is 2.84. The van der Waals surface area contributed by atoms with Gasteiger partial charge in [0.05, 0.1) is 11.7 Å². The first-order valence-electron chi connectivity index (χ1n) is 6.51. The van der Waals surface area contributed by atoms with Crippen LogP contribution in [-0.2, 0) is 14.8 Å². The zero-order valence-corrected chi connectivity index (χ0v) is 12.2. The van der Waals surface area contributed by atoms with Crippen molar-refractivity contribution in [1.82, 2.24) is 15.4 Å². The molecule has 20 heavy (non-hydrogen) atoms. The normalized spacial score (nSPS) is 22.4. The number of urea groups is 1. The fourth-order valence-corrected chi connectivity index (χ4v) is 2.87. The Morgan fingerprint density at radius 2 is 1.95 bits per heavy atom. The Kier molecular flexibility index (Phi) is 6.21. The van der Waals surface area contributed by atoms with Gasteiger partial charge in [-0.1, -0.05) is 6.42 Å². The van der Waals surface area contributed by atoms with Crippen molar-refractivity contribution in [3.63, 3.8) is 0 Å². The van der Waals surface area contributed by atoms with Gasteiger partial charge in [0, 0.05) is 13.1 Å². The number of aliphatic carboxylic acids is 1. The van der Waals surface area contributed by atoms with Crippen LogP contribution in [0.5, 0.6) is 0 Å². The van der Waals surface area contributed by atoms with Crippen molar-refractivity contribution in [2.45, 2.75) is 19.3 Å². The summed E-state index contributed by atoms with van der Waals surface area (Å²) in [5.41, 5.74) is 0. The molecule has 8 nitrogen and oxygen atoms in total. The standard InChI is InChI=1S/C11H21N3O5S/c1-12-20(18,19)6-5-13-11(17)14-7-8-3-2-4-9(8)10(15)16/h8-9,12H,2-7H2,1H3,(H,15,16)(H2,13,14,17). The Labute approximate surface area is 118 Å². The first-order valence-corrected chi connectivity index (χ1v) is 8.16. The van der Waals surface area contributed by atoms with Crippen LogP contribution in [0.2, 0.25) is 0 Å². The molecule has 1 saturated carbocycles. The van der Waals surface area contributed by atoms with E-state index in [1.807, 2.05) is 0 Å². The molecule has 116 valence electrons. The Hall–Kier alpha value is -1.35. The Balaban J connectivity index is 2.25. The lowest BCUT2D eigenvalue weighted by Gasteiger charge is -2.16. The predicted molar refractivity (Wildman–Crippen MR) is 72.7 cm³/mol. The second kappa shape index (κ2) is 7.44. The number of rotatable bonds is 7. The van der Waals surface area contributed by atoms with Crippen LogP contribution in [0.25, 0.3) is 0 Å². The number of sulfonamides is 1. The minimum atomic E-state index is -3.34. The molecule has 1 rings (SSSR count). The molecule has 0 aromatic carbocycles. The molecule has 2 unspecified atom stereocenters. The summed E-state index contributed by atoms with van der Waals surface area (Å²) < 4.78 is 24.4. The highest BCUT2D eigenvalue weighted by Crippen LogP contribution is 2.31. The molecule has 4 N–H and O–H groups in total. The lowest BCUT2D eigenvalue weighted by molar-refractivity contribution is -0.142. The summed E-state index contributed by atoms with van der Waals surface area (Å²) in [5.74, 6) is -1.48. The van der Waals surface area contributed by atoms with Crippen molar-refractivity contribution in [2.75, 3.05) is 25.9 Å². The molecule has 1 aliphatic carbocycles. The van der Waals surface area contributed by atoms with Crippen molar-refractivity contribution in [2.24, 2.45) is 11.8 Å². The molecule has 0 radical (unpaired) electrons. The second-order valence-electron chi connectivity index (χ2n) is 4.80. The number of hydrogen-bond donors (Lipinski definition) is 4. The molecule has 0 spiro atoms. The largest absolute Gasteiger partial charge is 0.481 e. The third-order valence-electron chi connectivity index (χ3n) is 3.47. The van der Waals surface area contributed by atoms with E-state index in [-0.39, 0.29) is 18.2 Å². The van der Waals surface area contributed by atoms with Gasteiger partial charge in [0.25, 0.3) is 0 Å². The van der Waals surface area contributed by atoms with Crippen LogP contribution in [0.1, 0.15) is 19.3 Å². The summed E-state index contributed by atoms with van der Waals surface area (Å²) >= 11 is 0. The quantitative estimate of drug-likeness (QED) is 0.497. The van der Waals surface area contributed by atoms with Gasteiger partial charge in [0.15, 0.2) is 0 Å². The van der Waals surface area contributed by atoms with E-state index in [4.69, 9.17) is 5.11 Å². The van der Waals surface area contributed by atoms with Gasteiger partial charge >= 0.3 is 12.0 Å². The third-order valence-corrected chi connectivity index (χ3v) is 4.83. The van der Waals surface area contributed by atoms with Gasteiger partial charge in [0.2, 0.25) is 10.0 Å². The molecule has 0 heterocycles. The zero-order valence-electron chi connectivity index (χ0n) is 11.4. The molecule has 1 fully saturated rings. The maximum Gasteiger partial charge on any atom is 0.314 e. The highest BCUT2D eigenvalue weighted by Gasteiger charge is 2.32. The third kappa shape index (κ3) is 5.33. The zero-order chi connectivity index (χ0) is 15.2. The van der Waals surface area contributed by atoms with Crippen LogP contribution in [0.3, 0.4) is 0 Å². The van der Waals surface area contributed by atoms with Crippen LogP contribution in [0.4, 0.5) is 4.79 Å². The number of amides is 2. The number of carboxylic acids is 1. The van der Waals surface area contributed by atoms with Gasteiger partial charge in [-0.15, -0.1) is 0 Å². The van der Waals surface area contributed by atoms with Crippen molar-refractivity contribution in [3.8, 4) is 0 Å². The van der Waals surface area contributed by atoms with Crippen LogP contribution in [-0.4, -0.2) is 51.4 Å². The molecule has 0 aliphatic heterocycles. The number of carboxylic acid groups (broad SMARTS) is 1. The molecule has 0 saturated heterocycles. The van der Waals surface area contributed by atoms with Gasteiger partial charge in [-0.2, -0.15) is 0 Å². The fraction of sp³-hybridized carbons (Fsp3) is 0.818. The van der Waals surface area contributed by atoms with Gasteiger partial charge in [0.1, 0.15) is 0 Å². The van der Waals surface area contributed by atoms with E-state index in [1.54, 1.807) is 0 Å². The number of carbonyl (C=O) groups excluding carboxylic acids is 1. The van der Waals surface area contributed by atoms with Crippen molar-refractivity contribution >= 4 is 22.0 Å². The summed E-state index contributed by atoms with van der Waals surface area (Å²) in [6.45, 7) is 0.295. The number of carbonyl (C=O) groups is 2. The summed E-state index contributed by atoms with van der Waals surface area (Å²) in [4.78, 5) is 22.4. The van der Waals surface area contributed by atoms with Crippen LogP contribution >= 0.6 is 0 Å². The molecule has 9 heteroatoms. The van der Waals surface area contributed by atoms with Crippen molar-refractivity contribution in [3.05, 3.63) is 0 Å². The Morgan fingerprint density at radius 3 is 2.55 bits per heavy atom. The fourth-order valence-electron chi connectivity index (χ4n) is 2.29. The predicted octanol–water partition coefficient (Wildman–Crippen LogP) is -0.664. The smallest absolute Gasteiger partial charge is 0.314 e. The highest BCUT2D eigenvalue weighted by molar-refractivity contribution is 7.89. The van der Waals surface area contributed by atoms with Crippen LogP contribution < -0.4 is 15.4 Å². The van der Waals surface area contributed by atoms with E-state index >= 15 is 0 Å². The summed E-state index contributed by atoms with van der Waals surface area (Å²) in [6.07, 6.45) is 2.28. The summed E-state index contributed by atoms with van der Waals surface area (Å²) in [6, 6.07) is -0.479. The van der Waals surface area contributed by atoms with Crippen molar-refractivity contribution in [1.29, 1.82) is 0 Å². The highest BCUT2D eigenvalue weighted by atomic mass is 32.2. The van der Waals surface area contributed by atoms with Gasteiger partial charge < -0.3 is 15.7 Å². The maximum atomic E-state index is 11.5. The molecule has 0 aromatic rings. The summed E-state index contributed by atoms with van der Waals surface area (Å²) in [7, 11) is -2.03. The van der Waals surface area contributed by atoms with E-state index in [1.165, 1.54) is 7.05 Å². The van der Waals surface area contributed by atoms with E-state index in [2.05, 4.69) is 15.4 Å². The SMILES string of the molecule is CNS(=O)(=O)CCNC(=O)NCC1CCCC1C(=O)O. The Bertz CT molecular complexity index is 451. The first-order chi connectivity index (χ1) is 9.35. The molecule has 0 bridgehead atoms. The minimum absolute atomic E-state index is 0.00202. The lowest BCUT2D eigenvalue weighted by Crippen LogP contribution is -2.42. The molecule has 2 atom stereocenters. The minimum Gasteiger partial charge on any atom is -0.481 e. The topological polar surface area (TPSA) is 125 Å². The number of hydrogen-bond acceptors (Lipinski definition) is 4. The average molecular weight is 307 g/mol. The second-order valence-corrected chi connectivity index (χ2v) is 6.84. The monoisotopic (exact) mass is 307 g/mol. The number of nitrogens with one attached hydrogen (secondary N) is 3. The molecule has 1 aliphatic rings. The van der Waals surface area contributed by atoms with Gasteiger partial charge in [-0.25, -0.2) is 17.9 Å². The molecule has 2 amide bonds. The van der Waals surface area contributed by atoms with Gasteiger partial charge in [-0.05, 0) is 25.8 Å². The summed E-state index contributed by atoms with van der Waals surface area (Å²) in [5, 5.41) is 14.0. The molecular formula is C11H21N3O5S. The van der Waals surface area contributed by atoms with Gasteiger partial charge in [-0.3, -0.25) is 4.79 Å².